The second-order valence-corrected chi connectivity index (χ2v) is 10.8. The van der Waals surface area contributed by atoms with Crippen molar-refractivity contribution in [2.75, 3.05) is 6.54 Å². The molecule has 13 heteroatoms. The van der Waals surface area contributed by atoms with Gasteiger partial charge < -0.3 is 14.7 Å². The number of hydrogen-bond donors (Lipinski definition) is 1. The number of aliphatic carboxylic acids is 1. The van der Waals surface area contributed by atoms with Crippen LogP contribution in [0.4, 0.5) is 18.9 Å². The van der Waals surface area contributed by atoms with Gasteiger partial charge in [0.1, 0.15) is 12.3 Å². The van der Waals surface area contributed by atoms with Gasteiger partial charge in [0, 0.05) is 57.4 Å². The topological polar surface area (TPSA) is 127 Å². The Balaban J connectivity index is 1.71. The molecule has 9 nitrogen and oxygen atoms in total. The molecule has 2 aliphatic carbocycles. The van der Waals surface area contributed by atoms with Crippen molar-refractivity contribution in [2.24, 2.45) is 0 Å². The van der Waals surface area contributed by atoms with Crippen molar-refractivity contribution in [3.63, 3.8) is 0 Å². The van der Waals surface area contributed by atoms with Crippen LogP contribution in [0.2, 0.25) is 0 Å². The Bertz CT molecular complexity index is 1520. The van der Waals surface area contributed by atoms with E-state index in [1.54, 1.807) is 17.0 Å². The van der Waals surface area contributed by atoms with Gasteiger partial charge in [0.15, 0.2) is 11.6 Å². The van der Waals surface area contributed by atoms with Crippen molar-refractivity contribution in [1.29, 1.82) is 0 Å². The number of allylic oxidation sites excluding steroid dienone is 4. The fourth-order valence-electron chi connectivity index (χ4n) is 5.73. The number of Topliss-reactive ketones (excluding diaryl/α,β-unsaturated/α-hetero) is 2. The van der Waals surface area contributed by atoms with E-state index in [-0.39, 0.29) is 41.3 Å². The van der Waals surface area contributed by atoms with Crippen LogP contribution in [0.1, 0.15) is 55.6 Å². The molecule has 0 bridgehead atoms. The van der Waals surface area contributed by atoms with Crippen LogP contribution in [-0.2, 0) is 20.6 Å². The maximum atomic E-state index is 13.4. The first-order valence-corrected chi connectivity index (χ1v) is 13.5. The van der Waals surface area contributed by atoms with Crippen molar-refractivity contribution >= 4 is 39.2 Å². The van der Waals surface area contributed by atoms with Gasteiger partial charge in [0.25, 0.3) is 0 Å². The minimum atomic E-state index is -4.82. The molecular weight excluding hydrogens is 613 g/mol. The van der Waals surface area contributed by atoms with Crippen LogP contribution < -0.4 is 4.74 Å². The second-order valence-electron chi connectivity index (χ2n) is 9.91. The number of nitro groups is 1. The summed E-state index contributed by atoms with van der Waals surface area (Å²) >= 11 is 3.39. The summed E-state index contributed by atoms with van der Waals surface area (Å²) in [5.41, 5.74) is -0.292. The van der Waals surface area contributed by atoms with Crippen molar-refractivity contribution in [3.8, 4) is 11.5 Å². The number of rotatable bonds is 6. The van der Waals surface area contributed by atoms with E-state index in [2.05, 4.69) is 15.9 Å². The molecule has 0 spiro atoms. The van der Waals surface area contributed by atoms with Gasteiger partial charge in [-0.25, -0.2) is 0 Å². The minimum Gasteiger partial charge on any atom is -0.480 e. The number of alkyl halides is 3. The minimum absolute atomic E-state index is 0.00295. The molecule has 1 N–H and O–H groups in total. The number of nitro benzene ring substituents is 1. The van der Waals surface area contributed by atoms with Crippen LogP contribution in [-0.4, -0.2) is 39.0 Å². The highest BCUT2D eigenvalue weighted by Gasteiger charge is 2.45. The molecule has 1 heterocycles. The fourth-order valence-corrected chi connectivity index (χ4v) is 6.11. The van der Waals surface area contributed by atoms with Crippen LogP contribution in [0.25, 0.3) is 0 Å². The predicted octanol–water partition coefficient (Wildman–Crippen LogP) is 6.67. The maximum absolute atomic E-state index is 13.4. The average Bonchev–Trinajstić information content (AvgIpc) is 2.89. The van der Waals surface area contributed by atoms with Crippen LogP contribution in [0.5, 0.6) is 11.5 Å². The molecule has 2 aromatic rings. The number of nitrogens with zero attached hydrogens (tertiary/aromatic N) is 2. The largest absolute Gasteiger partial charge is 0.480 e. The first-order chi connectivity index (χ1) is 19.4. The summed E-state index contributed by atoms with van der Waals surface area (Å²) in [5, 5.41) is 21.3. The van der Waals surface area contributed by atoms with Crippen LogP contribution in [0.15, 0.2) is 63.4 Å². The van der Waals surface area contributed by atoms with Crippen LogP contribution in [0, 0.1) is 10.1 Å². The quantitative estimate of drug-likeness (QED) is 0.276. The summed E-state index contributed by atoms with van der Waals surface area (Å²) in [7, 11) is 0. The molecule has 3 aliphatic rings. The molecule has 5 rings (SSSR count). The monoisotopic (exact) mass is 634 g/mol. The third kappa shape index (κ3) is 5.37. The zero-order chi connectivity index (χ0) is 29.6. The molecule has 0 atom stereocenters. The number of ether oxygens (including phenoxy) is 1. The van der Waals surface area contributed by atoms with Gasteiger partial charge in [0.05, 0.1) is 10.5 Å². The molecular formula is C28H22BrF3N2O7. The molecule has 1 aliphatic heterocycles. The maximum Gasteiger partial charge on any atom is 0.416 e. The molecule has 2 aromatic carbocycles. The lowest BCUT2D eigenvalue weighted by atomic mass is 9.70. The van der Waals surface area contributed by atoms with Gasteiger partial charge in [-0.2, -0.15) is 13.2 Å². The Kier molecular flexibility index (Phi) is 7.49. The van der Waals surface area contributed by atoms with E-state index in [0.717, 1.165) is 6.07 Å². The third-order valence-corrected chi connectivity index (χ3v) is 7.86. The number of hydrogen-bond acceptors (Lipinski definition) is 7. The summed E-state index contributed by atoms with van der Waals surface area (Å²) < 4.78 is 46.2. The Hall–Kier alpha value is -4.00. The van der Waals surface area contributed by atoms with Crippen molar-refractivity contribution < 1.29 is 42.3 Å². The fraction of sp³-hybridized carbons (Fsp3) is 0.321. The molecule has 0 fully saturated rings. The zero-order valence-corrected chi connectivity index (χ0v) is 22.9. The summed E-state index contributed by atoms with van der Waals surface area (Å²) in [4.78, 5) is 51.0. The average molecular weight is 635 g/mol. The lowest BCUT2D eigenvalue weighted by Gasteiger charge is -2.43. The first-order valence-electron chi connectivity index (χ1n) is 12.7. The number of carbonyl (C=O) groups excluding carboxylic acids is 2. The Labute approximate surface area is 239 Å². The van der Waals surface area contributed by atoms with E-state index in [1.165, 1.54) is 6.07 Å². The van der Waals surface area contributed by atoms with E-state index in [1.807, 2.05) is 0 Å². The van der Waals surface area contributed by atoms with Gasteiger partial charge >= 0.3 is 17.8 Å². The van der Waals surface area contributed by atoms with E-state index >= 15 is 0 Å². The normalized spacial score (nSPS) is 17.9. The number of benzene rings is 2. The molecule has 0 radical (unpaired) electrons. The molecule has 214 valence electrons. The molecule has 41 heavy (non-hydrogen) atoms. The van der Waals surface area contributed by atoms with Gasteiger partial charge in [0.2, 0.25) is 5.75 Å². The second kappa shape index (κ2) is 10.8. The standard InChI is InChI=1S/C28H22BrF3N2O7/c29-15-8-10-22(41-23-9-7-14(28(30,31)32)11-19(23)34(39)40)16(12-15)25-26-17(3-1-5-20(26)35)33(13-24(37)38)18-4-2-6-21(36)27(18)25/h7-12,25H,1-6,13H2,(H,37,38). The van der Waals surface area contributed by atoms with E-state index in [9.17, 15) is 42.8 Å². The van der Waals surface area contributed by atoms with Gasteiger partial charge in [-0.15, -0.1) is 0 Å². The number of carboxylic acids is 1. The summed E-state index contributed by atoms with van der Waals surface area (Å²) in [5.74, 6) is -3.05. The lowest BCUT2D eigenvalue weighted by Crippen LogP contribution is -2.41. The Morgan fingerprint density at radius 1 is 1.00 bits per heavy atom. The van der Waals surface area contributed by atoms with Crippen molar-refractivity contribution in [2.45, 2.75) is 50.6 Å². The smallest absolute Gasteiger partial charge is 0.416 e. The lowest BCUT2D eigenvalue weighted by molar-refractivity contribution is -0.385. The first kappa shape index (κ1) is 28.5. The zero-order valence-electron chi connectivity index (χ0n) is 21.3. The predicted molar refractivity (Wildman–Crippen MR) is 141 cm³/mol. The van der Waals surface area contributed by atoms with Crippen molar-refractivity contribution in [1.82, 2.24) is 4.90 Å². The summed E-state index contributed by atoms with van der Waals surface area (Å²) in [6.45, 7) is -0.426. The third-order valence-electron chi connectivity index (χ3n) is 7.37. The Morgan fingerprint density at radius 2 is 1.59 bits per heavy atom. The summed E-state index contributed by atoms with van der Waals surface area (Å²) in [6, 6.07) is 6.52. The highest BCUT2D eigenvalue weighted by molar-refractivity contribution is 9.10. The Morgan fingerprint density at radius 3 is 2.12 bits per heavy atom. The number of halogens is 4. The van der Waals surface area contributed by atoms with Crippen molar-refractivity contribution in [3.05, 3.63) is 84.7 Å². The number of carboxylic acid groups (broad SMARTS) is 1. The van der Waals surface area contributed by atoms with E-state index in [4.69, 9.17) is 4.74 Å². The molecule has 0 amide bonds. The molecule has 0 unspecified atom stereocenters. The van der Waals surface area contributed by atoms with E-state index in [0.29, 0.717) is 59.2 Å². The molecule has 0 saturated carbocycles. The highest BCUT2D eigenvalue weighted by atomic mass is 79.9. The highest BCUT2D eigenvalue weighted by Crippen LogP contribution is 2.52. The molecule has 0 saturated heterocycles. The number of carbonyl (C=O) groups is 3. The van der Waals surface area contributed by atoms with Gasteiger partial charge in [-0.1, -0.05) is 15.9 Å². The SMILES string of the molecule is O=C(O)CN1C2=C(C(=O)CCC2)C(c2cc(Br)ccc2Oc2ccc(C(F)(F)F)cc2[N+](=O)[O-])C2=C1CCCC2=O. The van der Waals surface area contributed by atoms with Gasteiger partial charge in [-0.05, 0) is 56.0 Å². The summed E-state index contributed by atoms with van der Waals surface area (Å²) in [6.07, 6.45) is -2.64. The van der Waals surface area contributed by atoms with Gasteiger partial charge in [-0.3, -0.25) is 24.5 Å². The van der Waals surface area contributed by atoms with E-state index < -0.39 is 46.5 Å². The number of ketones is 2. The van der Waals surface area contributed by atoms with Crippen LogP contribution in [0.3, 0.4) is 0 Å². The molecule has 0 aromatic heterocycles. The van der Waals surface area contributed by atoms with Crippen LogP contribution >= 0.6 is 15.9 Å².